The first-order valence-electron chi connectivity index (χ1n) is 6.04. The van der Waals surface area contributed by atoms with Crippen molar-refractivity contribution in [1.82, 2.24) is 19.7 Å². The summed E-state index contributed by atoms with van der Waals surface area (Å²) in [6, 6.07) is 6.02. The van der Waals surface area contributed by atoms with Gasteiger partial charge in [-0.05, 0) is 31.2 Å². The molecule has 2 aromatic heterocycles. The second kappa shape index (κ2) is 4.73. The lowest BCUT2D eigenvalue weighted by Crippen LogP contribution is -1.97. The normalized spacial score (nSPS) is 10.7. The third-order valence-corrected chi connectivity index (χ3v) is 2.94. The van der Waals surface area contributed by atoms with Gasteiger partial charge in [0.15, 0.2) is 0 Å². The van der Waals surface area contributed by atoms with Crippen LogP contribution >= 0.6 is 0 Å². The molecule has 0 aliphatic carbocycles. The summed E-state index contributed by atoms with van der Waals surface area (Å²) in [6.45, 7) is 1.85. The Labute approximate surface area is 114 Å². The minimum atomic E-state index is -0.293. The maximum atomic E-state index is 12.9. The van der Waals surface area contributed by atoms with E-state index in [1.165, 1.54) is 12.1 Å². The average molecular weight is 269 g/mol. The number of nitrogens with zero attached hydrogens (tertiary/aromatic N) is 4. The molecule has 2 heterocycles. The van der Waals surface area contributed by atoms with Crippen LogP contribution in [0.1, 0.15) is 5.69 Å². The summed E-state index contributed by atoms with van der Waals surface area (Å²) in [6.07, 6.45) is 4.89. The van der Waals surface area contributed by atoms with E-state index in [1.807, 2.05) is 6.92 Å². The van der Waals surface area contributed by atoms with Gasteiger partial charge >= 0.3 is 0 Å². The molecule has 0 bridgehead atoms. The molecule has 20 heavy (non-hydrogen) atoms. The van der Waals surface area contributed by atoms with E-state index in [0.717, 1.165) is 11.4 Å². The summed E-state index contributed by atoms with van der Waals surface area (Å²) < 4.78 is 14.5. The summed E-state index contributed by atoms with van der Waals surface area (Å²) in [4.78, 5) is 8.43. The van der Waals surface area contributed by atoms with Gasteiger partial charge in [-0.1, -0.05) is 0 Å². The first-order chi connectivity index (χ1) is 9.65. The SMILES string of the molecule is Cc1nccnc1-c1nn(-c2ccc(F)cc2)cc1N. The summed E-state index contributed by atoms with van der Waals surface area (Å²) in [5.41, 5.74) is 9.18. The van der Waals surface area contributed by atoms with Crippen molar-refractivity contribution in [1.29, 1.82) is 0 Å². The van der Waals surface area contributed by atoms with Gasteiger partial charge in [0.1, 0.15) is 17.2 Å². The number of benzene rings is 1. The lowest BCUT2D eigenvalue weighted by molar-refractivity contribution is 0.627. The molecular weight excluding hydrogens is 257 g/mol. The van der Waals surface area contributed by atoms with Crippen LogP contribution < -0.4 is 5.73 Å². The average Bonchev–Trinajstić information content (AvgIpc) is 2.82. The molecule has 2 N–H and O–H groups in total. The minimum Gasteiger partial charge on any atom is -0.396 e. The molecule has 3 rings (SSSR count). The first kappa shape index (κ1) is 12.3. The molecule has 0 atom stereocenters. The molecule has 0 unspecified atom stereocenters. The number of halogens is 1. The molecule has 0 fully saturated rings. The highest BCUT2D eigenvalue weighted by molar-refractivity contribution is 5.70. The van der Waals surface area contributed by atoms with E-state index < -0.39 is 0 Å². The van der Waals surface area contributed by atoms with Gasteiger partial charge in [0, 0.05) is 12.4 Å². The molecule has 0 saturated carbocycles. The molecule has 0 spiro atoms. The lowest BCUT2D eigenvalue weighted by Gasteiger charge is -2.01. The van der Waals surface area contributed by atoms with Crippen molar-refractivity contribution in [3.8, 4) is 17.1 Å². The van der Waals surface area contributed by atoms with Crippen LogP contribution in [0.3, 0.4) is 0 Å². The van der Waals surface area contributed by atoms with E-state index in [2.05, 4.69) is 15.1 Å². The highest BCUT2D eigenvalue weighted by Gasteiger charge is 2.13. The van der Waals surface area contributed by atoms with Crippen LogP contribution in [0.15, 0.2) is 42.9 Å². The van der Waals surface area contributed by atoms with E-state index in [-0.39, 0.29) is 5.82 Å². The third kappa shape index (κ3) is 2.11. The largest absolute Gasteiger partial charge is 0.396 e. The van der Waals surface area contributed by atoms with Crippen LogP contribution in [-0.4, -0.2) is 19.7 Å². The van der Waals surface area contributed by atoms with Gasteiger partial charge in [-0.3, -0.25) is 9.97 Å². The molecule has 5 nitrogen and oxygen atoms in total. The van der Waals surface area contributed by atoms with Crippen LogP contribution in [0.2, 0.25) is 0 Å². The van der Waals surface area contributed by atoms with Gasteiger partial charge in [-0.25, -0.2) is 9.07 Å². The molecule has 0 amide bonds. The number of nitrogens with two attached hydrogens (primary N) is 1. The van der Waals surface area contributed by atoms with Crippen LogP contribution in [0.25, 0.3) is 17.1 Å². The van der Waals surface area contributed by atoms with Gasteiger partial charge < -0.3 is 5.73 Å². The Morgan fingerprint density at radius 2 is 1.75 bits per heavy atom. The summed E-state index contributed by atoms with van der Waals surface area (Å²) in [5.74, 6) is -0.293. The Morgan fingerprint density at radius 3 is 2.45 bits per heavy atom. The zero-order valence-electron chi connectivity index (χ0n) is 10.8. The Hall–Kier alpha value is -2.76. The van der Waals surface area contributed by atoms with Crippen LogP contribution in [0.5, 0.6) is 0 Å². The zero-order chi connectivity index (χ0) is 14.1. The summed E-state index contributed by atoms with van der Waals surface area (Å²) in [5, 5.41) is 4.41. The molecule has 3 aromatic rings. The fourth-order valence-electron chi connectivity index (χ4n) is 1.94. The molecule has 0 saturated heterocycles. The number of anilines is 1. The van der Waals surface area contributed by atoms with Gasteiger partial charge in [-0.15, -0.1) is 0 Å². The predicted octanol–water partition coefficient (Wildman–Crippen LogP) is 2.36. The molecule has 6 heteroatoms. The topological polar surface area (TPSA) is 69.6 Å². The highest BCUT2D eigenvalue weighted by atomic mass is 19.1. The van der Waals surface area contributed by atoms with Crippen LogP contribution in [0, 0.1) is 12.7 Å². The Kier molecular flexibility index (Phi) is 2.90. The Bertz CT molecular complexity index is 749. The van der Waals surface area contributed by atoms with Gasteiger partial charge in [0.2, 0.25) is 0 Å². The van der Waals surface area contributed by atoms with Crippen molar-refractivity contribution in [2.45, 2.75) is 6.92 Å². The van der Waals surface area contributed by atoms with Crippen LogP contribution in [0.4, 0.5) is 10.1 Å². The maximum Gasteiger partial charge on any atom is 0.136 e. The van der Waals surface area contributed by atoms with E-state index in [0.29, 0.717) is 17.1 Å². The van der Waals surface area contributed by atoms with Gasteiger partial charge in [0.05, 0.1) is 23.3 Å². The van der Waals surface area contributed by atoms with Crippen molar-refractivity contribution in [2.24, 2.45) is 0 Å². The molecule has 0 aliphatic heterocycles. The first-order valence-corrected chi connectivity index (χ1v) is 6.04. The van der Waals surface area contributed by atoms with E-state index in [4.69, 9.17) is 5.73 Å². The Balaban J connectivity index is 2.08. The lowest BCUT2D eigenvalue weighted by atomic mass is 10.2. The second-order valence-corrected chi connectivity index (χ2v) is 4.34. The smallest absolute Gasteiger partial charge is 0.136 e. The van der Waals surface area contributed by atoms with Crippen molar-refractivity contribution in [3.05, 3.63) is 54.4 Å². The quantitative estimate of drug-likeness (QED) is 0.775. The number of aromatic nitrogens is 4. The highest BCUT2D eigenvalue weighted by Crippen LogP contribution is 2.25. The third-order valence-electron chi connectivity index (χ3n) is 2.94. The number of aryl methyl sites for hydroxylation is 1. The maximum absolute atomic E-state index is 12.9. The fourth-order valence-corrected chi connectivity index (χ4v) is 1.94. The minimum absolute atomic E-state index is 0.293. The van der Waals surface area contributed by atoms with Gasteiger partial charge in [0.25, 0.3) is 0 Å². The van der Waals surface area contributed by atoms with Crippen molar-refractivity contribution in [3.63, 3.8) is 0 Å². The van der Waals surface area contributed by atoms with E-state index in [9.17, 15) is 4.39 Å². The van der Waals surface area contributed by atoms with Crippen molar-refractivity contribution in [2.75, 3.05) is 5.73 Å². The second-order valence-electron chi connectivity index (χ2n) is 4.34. The van der Waals surface area contributed by atoms with Gasteiger partial charge in [-0.2, -0.15) is 5.10 Å². The van der Waals surface area contributed by atoms with Crippen molar-refractivity contribution < 1.29 is 4.39 Å². The van der Waals surface area contributed by atoms with E-state index in [1.54, 1.807) is 35.4 Å². The summed E-state index contributed by atoms with van der Waals surface area (Å²) >= 11 is 0. The standard InChI is InChI=1S/C14H12FN5/c1-9-13(18-7-6-17-9)14-12(16)8-20(19-14)11-4-2-10(15)3-5-11/h2-8H,16H2,1H3. The molecule has 100 valence electrons. The number of nitrogen functional groups attached to an aromatic ring is 1. The van der Waals surface area contributed by atoms with Crippen molar-refractivity contribution >= 4 is 5.69 Å². The fraction of sp³-hybridized carbons (Fsp3) is 0.0714. The molecule has 0 radical (unpaired) electrons. The van der Waals surface area contributed by atoms with Crippen LogP contribution in [-0.2, 0) is 0 Å². The molecule has 1 aromatic carbocycles. The number of hydrogen-bond acceptors (Lipinski definition) is 4. The zero-order valence-corrected chi connectivity index (χ0v) is 10.8. The number of hydrogen-bond donors (Lipinski definition) is 1. The Morgan fingerprint density at radius 1 is 1.05 bits per heavy atom. The van der Waals surface area contributed by atoms with E-state index >= 15 is 0 Å². The molecule has 0 aliphatic rings. The predicted molar refractivity (Wildman–Crippen MR) is 73.7 cm³/mol. The monoisotopic (exact) mass is 269 g/mol. The summed E-state index contributed by atoms with van der Waals surface area (Å²) in [7, 11) is 0. The number of rotatable bonds is 2. The molecular formula is C14H12FN5.